The van der Waals surface area contributed by atoms with Crippen molar-refractivity contribution in [2.24, 2.45) is 5.92 Å². The predicted octanol–water partition coefficient (Wildman–Crippen LogP) is 1.62. The maximum Gasteiger partial charge on any atom is 0.308 e. The molecule has 18 heavy (non-hydrogen) atoms. The number of aliphatic carboxylic acids is 1. The predicted molar refractivity (Wildman–Crippen MR) is 68.0 cm³/mol. The second-order valence-corrected chi connectivity index (χ2v) is 7.32. The van der Waals surface area contributed by atoms with Crippen molar-refractivity contribution in [1.82, 2.24) is 4.31 Å². The molecule has 1 aliphatic heterocycles. The van der Waals surface area contributed by atoms with Crippen LogP contribution in [0.4, 0.5) is 0 Å². The molecule has 1 aromatic heterocycles. The quantitative estimate of drug-likeness (QED) is 0.914. The second kappa shape index (κ2) is 4.99. The van der Waals surface area contributed by atoms with E-state index >= 15 is 0 Å². The molecule has 2 atom stereocenters. The number of carboxylic acid groups (broad SMARTS) is 1. The van der Waals surface area contributed by atoms with Crippen LogP contribution in [0.3, 0.4) is 0 Å². The highest BCUT2D eigenvalue weighted by molar-refractivity contribution is 7.91. The van der Waals surface area contributed by atoms with Gasteiger partial charge in [0.25, 0.3) is 10.0 Å². The van der Waals surface area contributed by atoms with Gasteiger partial charge in [-0.15, -0.1) is 11.3 Å². The van der Waals surface area contributed by atoms with Gasteiger partial charge in [0, 0.05) is 12.6 Å². The Hall–Kier alpha value is -0.920. The Morgan fingerprint density at radius 3 is 2.83 bits per heavy atom. The smallest absolute Gasteiger partial charge is 0.308 e. The molecule has 0 spiro atoms. The third-order valence-electron chi connectivity index (χ3n) is 3.29. The molecule has 7 heteroatoms. The lowest BCUT2D eigenvalue weighted by Gasteiger charge is -2.24. The Morgan fingerprint density at radius 1 is 1.61 bits per heavy atom. The summed E-state index contributed by atoms with van der Waals surface area (Å²) in [5, 5.41) is 10.8. The summed E-state index contributed by atoms with van der Waals surface area (Å²) in [6.45, 7) is 2.11. The van der Waals surface area contributed by atoms with Crippen molar-refractivity contribution in [3.63, 3.8) is 0 Å². The van der Waals surface area contributed by atoms with Gasteiger partial charge in [-0.1, -0.05) is 13.0 Å². The first-order chi connectivity index (χ1) is 8.48. The fourth-order valence-electron chi connectivity index (χ4n) is 2.43. The van der Waals surface area contributed by atoms with Crippen LogP contribution in [0, 0.1) is 5.92 Å². The van der Waals surface area contributed by atoms with Crippen molar-refractivity contribution in [2.45, 2.75) is 30.0 Å². The lowest BCUT2D eigenvalue weighted by atomic mass is 9.99. The van der Waals surface area contributed by atoms with E-state index in [9.17, 15) is 13.2 Å². The second-order valence-electron chi connectivity index (χ2n) is 4.26. The monoisotopic (exact) mass is 289 g/mol. The minimum absolute atomic E-state index is 0.284. The molecule has 0 radical (unpaired) electrons. The van der Waals surface area contributed by atoms with Crippen LogP contribution in [-0.2, 0) is 14.8 Å². The first kappa shape index (κ1) is 13.5. The van der Waals surface area contributed by atoms with E-state index in [0.29, 0.717) is 12.8 Å². The van der Waals surface area contributed by atoms with Crippen LogP contribution in [0.15, 0.2) is 21.7 Å². The summed E-state index contributed by atoms with van der Waals surface area (Å²) in [6.07, 6.45) is 0.903. The van der Waals surface area contributed by atoms with Crippen LogP contribution < -0.4 is 0 Å². The molecule has 2 heterocycles. The van der Waals surface area contributed by atoms with Crippen molar-refractivity contribution < 1.29 is 18.3 Å². The Morgan fingerprint density at radius 2 is 2.33 bits per heavy atom. The molecule has 1 aliphatic rings. The molecule has 0 aromatic carbocycles. The first-order valence-electron chi connectivity index (χ1n) is 5.76. The number of carbonyl (C=O) groups is 1. The topological polar surface area (TPSA) is 74.7 Å². The minimum atomic E-state index is -3.53. The maximum atomic E-state index is 12.4. The zero-order chi connectivity index (χ0) is 13.3. The van der Waals surface area contributed by atoms with E-state index in [-0.39, 0.29) is 10.8 Å². The molecule has 2 rings (SSSR count). The zero-order valence-electron chi connectivity index (χ0n) is 9.94. The molecule has 0 amide bonds. The Bertz CT molecular complexity index is 523. The lowest BCUT2D eigenvalue weighted by Crippen LogP contribution is -2.39. The lowest BCUT2D eigenvalue weighted by molar-refractivity contribution is -0.142. The van der Waals surface area contributed by atoms with E-state index in [1.165, 1.54) is 4.31 Å². The van der Waals surface area contributed by atoms with Gasteiger partial charge in [0.1, 0.15) is 4.21 Å². The Balaban J connectivity index is 2.32. The van der Waals surface area contributed by atoms with E-state index in [1.54, 1.807) is 17.5 Å². The molecule has 100 valence electrons. The zero-order valence-corrected chi connectivity index (χ0v) is 11.6. The highest BCUT2D eigenvalue weighted by Crippen LogP contribution is 2.33. The summed E-state index contributed by atoms with van der Waals surface area (Å²) in [7, 11) is -3.53. The molecule has 0 aliphatic carbocycles. The highest BCUT2D eigenvalue weighted by atomic mass is 32.2. The summed E-state index contributed by atoms with van der Waals surface area (Å²) in [6, 6.07) is 2.80. The highest BCUT2D eigenvalue weighted by Gasteiger charge is 2.43. The van der Waals surface area contributed by atoms with Crippen LogP contribution in [-0.4, -0.2) is 36.4 Å². The normalized spacial score (nSPS) is 25.4. The van der Waals surface area contributed by atoms with Gasteiger partial charge in [0.15, 0.2) is 0 Å². The number of hydrogen-bond donors (Lipinski definition) is 1. The van der Waals surface area contributed by atoms with E-state index in [4.69, 9.17) is 5.11 Å². The van der Waals surface area contributed by atoms with Crippen LogP contribution in [0.25, 0.3) is 0 Å². The largest absolute Gasteiger partial charge is 0.481 e. The van der Waals surface area contributed by atoms with Gasteiger partial charge >= 0.3 is 5.97 Å². The number of carboxylic acids is 1. The van der Waals surface area contributed by atoms with E-state index < -0.39 is 28.0 Å². The number of rotatable bonds is 4. The van der Waals surface area contributed by atoms with Crippen LogP contribution >= 0.6 is 11.3 Å². The fraction of sp³-hybridized carbons (Fsp3) is 0.545. The Labute approximate surface area is 110 Å². The SMILES string of the molecule is CCC1C(C(=O)O)CCN1S(=O)(=O)c1cccs1. The van der Waals surface area contributed by atoms with Gasteiger partial charge in [-0.2, -0.15) is 4.31 Å². The first-order valence-corrected chi connectivity index (χ1v) is 8.08. The average Bonchev–Trinajstić information content (AvgIpc) is 2.98. The van der Waals surface area contributed by atoms with E-state index in [1.807, 2.05) is 6.92 Å². The van der Waals surface area contributed by atoms with Crippen LogP contribution in [0.2, 0.25) is 0 Å². The van der Waals surface area contributed by atoms with E-state index in [2.05, 4.69) is 0 Å². The van der Waals surface area contributed by atoms with Crippen molar-refractivity contribution in [2.75, 3.05) is 6.54 Å². The van der Waals surface area contributed by atoms with E-state index in [0.717, 1.165) is 11.3 Å². The third-order valence-corrected chi connectivity index (χ3v) is 6.59. The van der Waals surface area contributed by atoms with Crippen LogP contribution in [0.5, 0.6) is 0 Å². The molecular formula is C11H15NO4S2. The summed E-state index contributed by atoms with van der Waals surface area (Å²) in [4.78, 5) is 11.1. The molecule has 0 saturated carbocycles. The number of sulfonamides is 1. The third kappa shape index (κ3) is 2.17. The maximum absolute atomic E-state index is 12.4. The number of thiophene rings is 1. The van der Waals surface area contributed by atoms with Crippen molar-refractivity contribution >= 4 is 27.3 Å². The molecule has 1 N–H and O–H groups in total. The minimum Gasteiger partial charge on any atom is -0.481 e. The summed E-state index contributed by atoms with van der Waals surface area (Å²) >= 11 is 1.16. The molecular weight excluding hydrogens is 274 g/mol. The number of hydrogen-bond acceptors (Lipinski definition) is 4. The average molecular weight is 289 g/mol. The molecule has 1 saturated heterocycles. The number of nitrogens with zero attached hydrogens (tertiary/aromatic N) is 1. The fourth-order valence-corrected chi connectivity index (χ4v) is 5.29. The summed E-state index contributed by atoms with van der Waals surface area (Å²) in [5.74, 6) is -1.50. The van der Waals surface area contributed by atoms with Gasteiger partial charge in [-0.3, -0.25) is 4.79 Å². The van der Waals surface area contributed by atoms with Gasteiger partial charge < -0.3 is 5.11 Å². The molecule has 5 nitrogen and oxygen atoms in total. The molecule has 1 aromatic rings. The summed E-state index contributed by atoms with van der Waals surface area (Å²) in [5.41, 5.74) is 0. The standard InChI is InChI=1S/C11H15NO4S2/c1-2-9-8(11(13)14)5-6-12(9)18(15,16)10-4-3-7-17-10/h3-4,7-9H,2,5-6H2,1H3,(H,13,14). The van der Waals surface area contributed by atoms with Gasteiger partial charge in [-0.25, -0.2) is 8.42 Å². The van der Waals surface area contributed by atoms with Crippen molar-refractivity contribution in [1.29, 1.82) is 0 Å². The van der Waals surface area contributed by atoms with Crippen molar-refractivity contribution in [3.8, 4) is 0 Å². The Kier molecular flexibility index (Phi) is 3.74. The van der Waals surface area contributed by atoms with Gasteiger partial charge in [0.2, 0.25) is 0 Å². The summed E-state index contributed by atoms with van der Waals surface area (Å²) < 4.78 is 26.4. The van der Waals surface area contributed by atoms with Gasteiger partial charge in [0.05, 0.1) is 5.92 Å². The molecule has 0 bridgehead atoms. The van der Waals surface area contributed by atoms with Crippen LogP contribution in [0.1, 0.15) is 19.8 Å². The molecule has 1 fully saturated rings. The van der Waals surface area contributed by atoms with Gasteiger partial charge in [-0.05, 0) is 24.3 Å². The molecule has 2 unspecified atom stereocenters. The van der Waals surface area contributed by atoms with Crippen molar-refractivity contribution in [3.05, 3.63) is 17.5 Å².